The minimum atomic E-state index is -4.37. The summed E-state index contributed by atoms with van der Waals surface area (Å²) < 4.78 is 39.9. The molecule has 3 aromatic carbocycles. The quantitative estimate of drug-likeness (QED) is 0.200. The average Bonchev–Trinajstić information content (AvgIpc) is 3.44. The van der Waals surface area contributed by atoms with E-state index in [2.05, 4.69) is 63.6 Å². The molecule has 0 aliphatic carbocycles. The van der Waals surface area contributed by atoms with E-state index in [0.29, 0.717) is 17.4 Å². The number of hydrogen-bond acceptors (Lipinski definition) is 6. The second-order valence-electron chi connectivity index (χ2n) is 9.55. The van der Waals surface area contributed by atoms with E-state index < -0.39 is 11.7 Å². The average molecular weight is 551 g/mol. The molecule has 0 saturated carbocycles. The number of thioether (sulfide) groups is 1. The highest BCUT2D eigenvalue weighted by atomic mass is 32.2. The lowest BCUT2D eigenvalue weighted by molar-refractivity contribution is -0.137. The molecule has 1 saturated heterocycles. The van der Waals surface area contributed by atoms with Crippen molar-refractivity contribution in [3.8, 4) is 17.1 Å². The van der Waals surface area contributed by atoms with Crippen LogP contribution >= 0.6 is 11.8 Å². The lowest BCUT2D eigenvalue weighted by atomic mass is 10.0. The normalized spacial score (nSPS) is 16.3. The van der Waals surface area contributed by atoms with Crippen molar-refractivity contribution in [3.05, 3.63) is 95.8 Å². The summed E-state index contributed by atoms with van der Waals surface area (Å²) in [7, 11) is 0. The van der Waals surface area contributed by atoms with Gasteiger partial charge < -0.3 is 4.90 Å². The van der Waals surface area contributed by atoms with Crippen molar-refractivity contribution in [1.82, 2.24) is 20.2 Å². The molecule has 1 N–H and O–H groups in total. The van der Waals surface area contributed by atoms with E-state index in [1.807, 2.05) is 36.0 Å². The van der Waals surface area contributed by atoms with Crippen LogP contribution in [0.3, 0.4) is 0 Å². The molecule has 1 aliphatic rings. The summed E-state index contributed by atoms with van der Waals surface area (Å²) in [4.78, 5) is 6.71. The Hall–Kier alpha value is -3.79. The van der Waals surface area contributed by atoms with Crippen molar-refractivity contribution < 1.29 is 13.2 Å². The number of aromatic nitrogens is 3. The Labute approximate surface area is 230 Å². The van der Waals surface area contributed by atoms with Crippen LogP contribution in [0.2, 0.25) is 0 Å². The Morgan fingerprint density at radius 3 is 2.49 bits per heavy atom. The Balaban J connectivity index is 1.24. The summed E-state index contributed by atoms with van der Waals surface area (Å²) in [6.45, 7) is 5.41. The number of hydrogen-bond donors (Lipinski definition) is 1. The first-order valence-electron chi connectivity index (χ1n) is 12.7. The highest BCUT2D eigenvalue weighted by Gasteiger charge is 2.30. The van der Waals surface area contributed by atoms with Crippen LogP contribution in [0.1, 0.15) is 42.9 Å². The van der Waals surface area contributed by atoms with Gasteiger partial charge in [0.1, 0.15) is 6.33 Å². The zero-order valence-corrected chi connectivity index (χ0v) is 22.5. The molecule has 5 rings (SSSR count). The van der Waals surface area contributed by atoms with E-state index in [4.69, 9.17) is 0 Å². The van der Waals surface area contributed by atoms with Crippen molar-refractivity contribution in [3.63, 3.8) is 0 Å². The highest BCUT2D eigenvalue weighted by molar-refractivity contribution is 8.00. The van der Waals surface area contributed by atoms with Crippen LogP contribution in [-0.2, 0) is 6.18 Å². The summed E-state index contributed by atoms with van der Waals surface area (Å²) in [6.07, 6.45) is 0.0332. The van der Waals surface area contributed by atoms with Crippen LogP contribution in [0.25, 0.3) is 17.1 Å². The first kappa shape index (κ1) is 26.8. The number of anilines is 1. The van der Waals surface area contributed by atoms with E-state index in [0.717, 1.165) is 42.0 Å². The molecule has 1 unspecified atom stereocenters. The van der Waals surface area contributed by atoms with Crippen LogP contribution in [-0.4, -0.2) is 38.8 Å². The van der Waals surface area contributed by atoms with Gasteiger partial charge in [-0.3, -0.25) is 5.43 Å². The first-order valence-corrected chi connectivity index (χ1v) is 13.8. The third-order valence-corrected chi connectivity index (χ3v) is 7.69. The number of alkyl halides is 3. The molecule has 0 amide bonds. The van der Waals surface area contributed by atoms with Gasteiger partial charge in [-0.1, -0.05) is 56.3 Å². The van der Waals surface area contributed by atoms with Crippen LogP contribution in [0.4, 0.5) is 18.9 Å². The smallest absolute Gasteiger partial charge is 0.341 e. The molecule has 1 atom stereocenters. The van der Waals surface area contributed by atoms with Gasteiger partial charge >= 0.3 is 6.18 Å². The highest BCUT2D eigenvalue weighted by Crippen LogP contribution is 2.33. The fourth-order valence-electron chi connectivity index (χ4n) is 4.44. The number of rotatable bonds is 7. The van der Waals surface area contributed by atoms with Crippen molar-refractivity contribution >= 4 is 23.7 Å². The predicted molar refractivity (Wildman–Crippen MR) is 151 cm³/mol. The Morgan fingerprint density at radius 2 is 1.77 bits per heavy atom. The van der Waals surface area contributed by atoms with Gasteiger partial charge in [-0.2, -0.15) is 18.3 Å². The van der Waals surface area contributed by atoms with E-state index in [1.54, 1.807) is 6.21 Å². The molecular weight excluding hydrogens is 521 g/mol. The standard InChI is InChI=1S/C29H29F3N6S/c1-20(2)25-6-3-4-7-26(25)37-16-5-17-39-28(37)35-34-18-21-8-10-22(11-9-21)27-33-19-38(36-27)24-14-12-23(13-15-24)29(30,31)32/h3-4,6-15,18-20,28,35H,5,16-17H2,1-2H3/b34-18+. The van der Waals surface area contributed by atoms with Crippen molar-refractivity contribution in [2.75, 3.05) is 17.2 Å². The minimum absolute atomic E-state index is 0.0486. The molecule has 0 spiro atoms. The zero-order chi connectivity index (χ0) is 27.4. The summed E-state index contributed by atoms with van der Waals surface area (Å²) in [5.74, 6) is 2.00. The van der Waals surface area contributed by atoms with Crippen LogP contribution < -0.4 is 10.3 Å². The number of halogens is 3. The Kier molecular flexibility index (Phi) is 7.92. The molecule has 0 bridgehead atoms. The van der Waals surface area contributed by atoms with Crippen molar-refractivity contribution in [2.24, 2.45) is 5.10 Å². The van der Waals surface area contributed by atoms with Crippen molar-refractivity contribution in [2.45, 2.75) is 37.9 Å². The van der Waals surface area contributed by atoms with E-state index >= 15 is 0 Å². The maximum Gasteiger partial charge on any atom is 0.416 e. The first-order chi connectivity index (χ1) is 18.8. The molecule has 0 radical (unpaired) electrons. The fourth-order valence-corrected chi connectivity index (χ4v) is 5.50. The Bertz CT molecular complexity index is 1410. The number of nitrogens with one attached hydrogen (secondary N) is 1. The van der Waals surface area contributed by atoms with Crippen LogP contribution in [0.15, 0.2) is 84.2 Å². The molecule has 1 aliphatic heterocycles. The lowest BCUT2D eigenvalue weighted by Crippen LogP contribution is -2.45. The van der Waals surface area contributed by atoms with Gasteiger partial charge in [0.2, 0.25) is 0 Å². The maximum absolute atomic E-state index is 12.8. The summed E-state index contributed by atoms with van der Waals surface area (Å²) >= 11 is 1.85. The van der Waals surface area contributed by atoms with E-state index in [-0.39, 0.29) is 5.50 Å². The number of benzene rings is 3. The molecule has 202 valence electrons. The third kappa shape index (κ3) is 6.27. The van der Waals surface area contributed by atoms with Gasteiger partial charge in [-0.05, 0) is 59.6 Å². The Morgan fingerprint density at radius 1 is 1.03 bits per heavy atom. The second kappa shape index (κ2) is 11.5. The zero-order valence-electron chi connectivity index (χ0n) is 21.6. The van der Waals surface area contributed by atoms with Crippen molar-refractivity contribution in [1.29, 1.82) is 0 Å². The number of nitrogens with zero attached hydrogens (tertiary/aromatic N) is 5. The van der Waals surface area contributed by atoms with Gasteiger partial charge in [-0.25, -0.2) is 9.67 Å². The van der Waals surface area contributed by atoms with E-state index in [1.165, 1.54) is 34.4 Å². The SMILES string of the molecule is CC(C)c1ccccc1N1CCCSC1N/N=C/c1ccc(-c2ncn(-c3ccc(C(F)(F)F)cc3)n2)cc1. The van der Waals surface area contributed by atoms with Gasteiger partial charge in [0.05, 0.1) is 17.5 Å². The summed E-state index contributed by atoms with van der Waals surface area (Å²) in [5, 5.41) is 8.96. The topological polar surface area (TPSA) is 58.3 Å². The van der Waals surface area contributed by atoms with Gasteiger partial charge in [0.25, 0.3) is 0 Å². The molecule has 1 fully saturated rings. The molecular formula is C29H29F3N6S. The number of hydrazone groups is 1. The molecule has 6 nitrogen and oxygen atoms in total. The van der Waals surface area contributed by atoms with Crippen LogP contribution in [0.5, 0.6) is 0 Å². The van der Waals surface area contributed by atoms with Gasteiger partial charge in [-0.15, -0.1) is 16.9 Å². The van der Waals surface area contributed by atoms with Gasteiger partial charge in [0, 0.05) is 17.8 Å². The summed E-state index contributed by atoms with van der Waals surface area (Å²) in [6, 6.07) is 21.0. The second-order valence-corrected chi connectivity index (χ2v) is 10.7. The maximum atomic E-state index is 12.8. The summed E-state index contributed by atoms with van der Waals surface area (Å²) in [5.41, 5.74) is 7.48. The lowest BCUT2D eigenvalue weighted by Gasteiger charge is -2.38. The third-order valence-electron chi connectivity index (χ3n) is 6.49. The molecule has 2 heterocycles. The molecule has 39 heavy (non-hydrogen) atoms. The number of para-hydroxylation sites is 1. The van der Waals surface area contributed by atoms with E-state index in [9.17, 15) is 13.2 Å². The largest absolute Gasteiger partial charge is 0.416 e. The molecule has 1 aromatic heterocycles. The monoisotopic (exact) mass is 550 g/mol. The van der Waals surface area contributed by atoms with Gasteiger partial charge in [0.15, 0.2) is 11.3 Å². The molecule has 10 heteroatoms. The molecule has 4 aromatic rings. The minimum Gasteiger partial charge on any atom is -0.341 e. The fraction of sp³-hybridized carbons (Fsp3) is 0.276. The van der Waals surface area contributed by atoms with Crippen LogP contribution in [0, 0.1) is 0 Å². The predicted octanol–water partition coefficient (Wildman–Crippen LogP) is 6.93.